The molecule has 8 heteroatoms. The van der Waals surface area contributed by atoms with E-state index in [-0.39, 0.29) is 12.1 Å². The summed E-state index contributed by atoms with van der Waals surface area (Å²) in [6.07, 6.45) is 1.94. The van der Waals surface area contributed by atoms with Crippen LogP contribution in [0.15, 0.2) is 4.79 Å². The zero-order chi connectivity index (χ0) is 12.4. The largest absolute Gasteiger partial charge is 0.461 e. The average molecular weight is 242 g/mol. The van der Waals surface area contributed by atoms with E-state index < -0.39 is 11.7 Å². The second-order valence-electron chi connectivity index (χ2n) is 3.82. The predicted octanol–water partition coefficient (Wildman–Crippen LogP) is -0.934. The van der Waals surface area contributed by atoms with Crippen molar-refractivity contribution in [1.29, 1.82) is 0 Å². The molecule has 0 radical (unpaired) electrons. The maximum Gasteiger partial charge on any atom is 0.357 e. The molecule has 1 aliphatic heterocycles. The molecule has 1 aromatic rings. The zero-order valence-corrected chi connectivity index (χ0v) is 9.46. The summed E-state index contributed by atoms with van der Waals surface area (Å²) < 4.78 is 12.4. The lowest BCUT2D eigenvalue weighted by molar-refractivity contribution is 0.0631. The molecule has 0 bridgehead atoms. The van der Waals surface area contributed by atoms with Crippen LogP contribution in [0.25, 0.3) is 0 Å². The van der Waals surface area contributed by atoms with E-state index in [1.807, 2.05) is 0 Å². The summed E-state index contributed by atoms with van der Waals surface area (Å²) in [5, 5.41) is 3.68. The Hall–Kier alpha value is -1.83. The number of nitrogens with zero attached hydrogens (tertiary/aromatic N) is 3. The Balaban J connectivity index is 2.08. The van der Waals surface area contributed by atoms with Crippen LogP contribution in [0.5, 0.6) is 6.01 Å². The molecular weight excluding hydrogens is 228 g/mol. The summed E-state index contributed by atoms with van der Waals surface area (Å²) in [6.45, 7) is 1.03. The minimum atomic E-state index is -0.933. The fourth-order valence-electron chi connectivity index (χ4n) is 1.63. The van der Waals surface area contributed by atoms with Gasteiger partial charge in [0, 0.05) is 13.7 Å². The number of amides is 1. The van der Waals surface area contributed by atoms with E-state index in [2.05, 4.69) is 5.10 Å². The van der Waals surface area contributed by atoms with Crippen LogP contribution in [0.2, 0.25) is 0 Å². The summed E-state index contributed by atoms with van der Waals surface area (Å²) in [4.78, 5) is 22.4. The van der Waals surface area contributed by atoms with E-state index in [0.29, 0.717) is 11.3 Å². The molecule has 2 rings (SSSR count). The Kier molecular flexibility index (Phi) is 3.14. The van der Waals surface area contributed by atoms with E-state index in [1.54, 1.807) is 0 Å². The molecule has 1 fully saturated rings. The van der Waals surface area contributed by atoms with Gasteiger partial charge in [0.15, 0.2) is 0 Å². The second kappa shape index (κ2) is 4.58. The van der Waals surface area contributed by atoms with Crippen molar-refractivity contribution in [3.63, 3.8) is 0 Å². The van der Waals surface area contributed by atoms with Crippen molar-refractivity contribution in [3.05, 3.63) is 10.5 Å². The van der Waals surface area contributed by atoms with Gasteiger partial charge in [-0.15, -0.1) is 9.78 Å². The van der Waals surface area contributed by atoms with Gasteiger partial charge in [-0.2, -0.15) is 0 Å². The van der Waals surface area contributed by atoms with E-state index in [0.717, 1.165) is 24.0 Å². The maximum absolute atomic E-state index is 11.5. The van der Waals surface area contributed by atoms with Gasteiger partial charge in [-0.1, -0.05) is 0 Å². The number of primary amides is 1. The number of hydrogen-bond acceptors (Lipinski definition) is 5. The number of carbonyl (C=O) groups is 1. The lowest BCUT2D eigenvalue weighted by atomic mass is 10.2. The molecule has 1 amide bonds. The predicted molar refractivity (Wildman–Crippen MR) is 56.9 cm³/mol. The van der Waals surface area contributed by atoms with E-state index in [9.17, 15) is 9.59 Å². The Morgan fingerprint density at radius 2 is 2.47 bits per heavy atom. The van der Waals surface area contributed by atoms with Gasteiger partial charge in [0.2, 0.25) is 0 Å². The summed E-state index contributed by atoms with van der Waals surface area (Å²) >= 11 is 0. The van der Waals surface area contributed by atoms with Crippen molar-refractivity contribution in [2.45, 2.75) is 18.9 Å². The summed E-state index contributed by atoms with van der Waals surface area (Å²) in [6, 6.07) is -0.873. The van der Waals surface area contributed by atoms with E-state index in [1.165, 1.54) is 7.05 Å². The molecule has 0 aromatic carbocycles. The normalized spacial score (nSPS) is 19.5. The number of aromatic nitrogens is 3. The standard InChI is InChI=1S/C9H14N4O4/c1-12-8(11-13(7(10)14)9(12)15)17-5-6-3-2-4-16-6/h6H,2-5H2,1H3,(H2,10,14). The fourth-order valence-corrected chi connectivity index (χ4v) is 1.63. The number of hydrogen-bond donors (Lipinski definition) is 1. The van der Waals surface area contributed by atoms with Gasteiger partial charge in [-0.3, -0.25) is 0 Å². The molecule has 1 atom stereocenters. The molecule has 1 saturated heterocycles. The Labute approximate surface area is 96.9 Å². The van der Waals surface area contributed by atoms with Crippen molar-refractivity contribution in [2.24, 2.45) is 12.8 Å². The minimum Gasteiger partial charge on any atom is -0.461 e. The quantitative estimate of drug-likeness (QED) is 0.737. The third-order valence-electron chi connectivity index (χ3n) is 2.57. The van der Waals surface area contributed by atoms with Crippen LogP contribution < -0.4 is 16.2 Å². The van der Waals surface area contributed by atoms with Gasteiger partial charge in [-0.25, -0.2) is 14.2 Å². The van der Waals surface area contributed by atoms with Crippen molar-refractivity contribution in [2.75, 3.05) is 13.2 Å². The monoisotopic (exact) mass is 242 g/mol. The third-order valence-corrected chi connectivity index (χ3v) is 2.57. The summed E-state index contributed by atoms with van der Waals surface area (Å²) in [5.74, 6) is 0. The zero-order valence-electron chi connectivity index (χ0n) is 9.46. The van der Waals surface area contributed by atoms with Gasteiger partial charge in [0.25, 0.3) is 0 Å². The first-order valence-electron chi connectivity index (χ1n) is 5.30. The molecule has 0 aliphatic carbocycles. The smallest absolute Gasteiger partial charge is 0.357 e. The highest BCUT2D eigenvalue weighted by Gasteiger charge is 2.19. The molecule has 2 N–H and O–H groups in total. The first kappa shape index (κ1) is 11.6. The third kappa shape index (κ3) is 2.31. The van der Waals surface area contributed by atoms with Gasteiger partial charge < -0.3 is 15.2 Å². The molecule has 94 valence electrons. The number of nitrogens with two attached hydrogens (primary N) is 1. The van der Waals surface area contributed by atoms with Gasteiger partial charge in [0.1, 0.15) is 6.61 Å². The Morgan fingerprint density at radius 3 is 3.00 bits per heavy atom. The summed E-state index contributed by atoms with van der Waals surface area (Å²) in [5.41, 5.74) is 4.36. The number of carbonyl (C=O) groups excluding carboxylic acids is 1. The molecule has 17 heavy (non-hydrogen) atoms. The lowest BCUT2D eigenvalue weighted by Crippen LogP contribution is -2.33. The van der Waals surface area contributed by atoms with Gasteiger partial charge in [0.05, 0.1) is 6.10 Å². The highest BCUT2D eigenvalue weighted by molar-refractivity contribution is 5.73. The van der Waals surface area contributed by atoms with Crippen LogP contribution in [-0.2, 0) is 11.8 Å². The first-order valence-corrected chi connectivity index (χ1v) is 5.30. The van der Waals surface area contributed by atoms with Crippen LogP contribution in [0, 0.1) is 0 Å². The van der Waals surface area contributed by atoms with Crippen LogP contribution in [0.4, 0.5) is 4.79 Å². The van der Waals surface area contributed by atoms with Crippen LogP contribution in [0.1, 0.15) is 12.8 Å². The molecule has 0 spiro atoms. The topological polar surface area (TPSA) is 101 Å². The van der Waals surface area contributed by atoms with Crippen molar-refractivity contribution in [3.8, 4) is 6.01 Å². The number of ether oxygens (including phenoxy) is 2. The fraction of sp³-hybridized carbons (Fsp3) is 0.667. The van der Waals surface area contributed by atoms with Crippen molar-refractivity contribution in [1.82, 2.24) is 14.3 Å². The molecule has 1 aliphatic rings. The summed E-state index contributed by atoms with van der Waals surface area (Å²) in [7, 11) is 1.46. The van der Waals surface area contributed by atoms with Crippen LogP contribution in [-0.4, -0.2) is 39.7 Å². The number of rotatable bonds is 3. The van der Waals surface area contributed by atoms with Gasteiger partial charge >= 0.3 is 17.7 Å². The highest BCUT2D eigenvalue weighted by atomic mass is 16.5. The molecular formula is C9H14N4O4. The van der Waals surface area contributed by atoms with Crippen molar-refractivity contribution < 1.29 is 14.3 Å². The molecule has 0 saturated carbocycles. The van der Waals surface area contributed by atoms with Crippen LogP contribution >= 0.6 is 0 Å². The Morgan fingerprint density at radius 1 is 1.71 bits per heavy atom. The van der Waals surface area contributed by atoms with Crippen molar-refractivity contribution >= 4 is 6.03 Å². The lowest BCUT2D eigenvalue weighted by Gasteiger charge is -2.09. The molecule has 1 unspecified atom stereocenters. The first-order chi connectivity index (χ1) is 8.09. The van der Waals surface area contributed by atoms with Gasteiger partial charge in [-0.05, 0) is 12.8 Å². The second-order valence-corrected chi connectivity index (χ2v) is 3.82. The highest BCUT2D eigenvalue weighted by Crippen LogP contribution is 2.13. The minimum absolute atomic E-state index is 0.0174. The van der Waals surface area contributed by atoms with E-state index >= 15 is 0 Å². The SMILES string of the molecule is Cn1c(OCC2CCCO2)nn(C(N)=O)c1=O. The molecule has 1 aromatic heterocycles. The van der Waals surface area contributed by atoms with Crippen LogP contribution in [0.3, 0.4) is 0 Å². The molecule has 2 heterocycles. The molecule has 8 nitrogen and oxygen atoms in total. The average Bonchev–Trinajstić information content (AvgIpc) is 2.88. The maximum atomic E-state index is 11.5. The van der Waals surface area contributed by atoms with E-state index in [4.69, 9.17) is 15.2 Å². The Bertz CT molecular complexity index is 472.